The summed E-state index contributed by atoms with van der Waals surface area (Å²) >= 11 is 0. The molecule has 0 spiro atoms. The van der Waals surface area contributed by atoms with Crippen LogP contribution in [0.25, 0.3) is 0 Å². The van der Waals surface area contributed by atoms with Gasteiger partial charge in [0, 0.05) is 45.0 Å². The molecule has 1 aromatic carbocycles. The maximum absolute atomic E-state index is 5.51. The van der Waals surface area contributed by atoms with Crippen LogP contribution < -0.4 is 20.3 Å². The SMILES string of the molecule is CCNC(=NCCCn1cc(C)cn1)NC1CCN(c2ccccc2OC)C1. The fourth-order valence-corrected chi connectivity index (χ4v) is 3.51. The van der Waals surface area contributed by atoms with Crippen LogP contribution in [0.3, 0.4) is 0 Å². The first-order valence-corrected chi connectivity index (χ1v) is 10.1. The van der Waals surface area contributed by atoms with E-state index in [1.54, 1.807) is 7.11 Å². The first-order chi connectivity index (χ1) is 13.7. The van der Waals surface area contributed by atoms with Crippen LogP contribution in [-0.4, -0.2) is 55.1 Å². The third-order valence-electron chi connectivity index (χ3n) is 4.88. The Morgan fingerprint density at radius 3 is 2.96 bits per heavy atom. The van der Waals surface area contributed by atoms with E-state index in [2.05, 4.69) is 52.8 Å². The quantitative estimate of drug-likeness (QED) is 0.416. The molecule has 1 atom stereocenters. The van der Waals surface area contributed by atoms with Crippen molar-refractivity contribution in [2.75, 3.05) is 38.2 Å². The monoisotopic (exact) mass is 384 g/mol. The predicted molar refractivity (Wildman–Crippen MR) is 114 cm³/mol. The fourth-order valence-electron chi connectivity index (χ4n) is 3.51. The van der Waals surface area contributed by atoms with E-state index in [1.807, 2.05) is 23.0 Å². The van der Waals surface area contributed by atoms with Crippen molar-refractivity contribution in [3.63, 3.8) is 0 Å². The molecule has 7 heteroatoms. The molecule has 0 amide bonds. The number of anilines is 1. The summed E-state index contributed by atoms with van der Waals surface area (Å²) in [4.78, 5) is 7.12. The minimum atomic E-state index is 0.372. The van der Waals surface area contributed by atoms with Crippen molar-refractivity contribution in [1.29, 1.82) is 0 Å². The van der Waals surface area contributed by atoms with Crippen LogP contribution in [0.15, 0.2) is 41.7 Å². The lowest BCUT2D eigenvalue weighted by Gasteiger charge is -2.22. The molecule has 1 aliphatic heterocycles. The molecule has 2 heterocycles. The number of ether oxygens (including phenoxy) is 1. The Kier molecular flexibility index (Phi) is 7.17. The highest BCUT2D eigenvalue weighted by molar-refractivity contribution is 5.80. The van der Waals surface area contributed by atoms with Crippen molar-refractivity contribution < 1.29 is 4.74 Å². The van der Waals surface area contributed by atoms with Gasteiger partial charge in [0.25, 0.3) is 0 Å². The highest BCUT2D eigenvalue weighted by atomic mass is 16.5. The van der Waals surface area contributed by atoms with Crippen LogP contribution in [0, 0.1) is 6.92 Å². The number of rotatable bonds is 8. The van der Waals surface area contributed by atoms with Crippen LogP contribution in [-0.2, 0) is 6.54 Å². The molecule has 0 aliphatic carbocycles. The fraction of sp³-hybridized carbons (Fsp3) is 0.524. The predicted octanol–water partition coefficient (Wildman–Crippen LogP) is 2.42. The summed E-state index contributed by atoms with van der Waals surface area (Å²) in [6.45, 7) is 8.63. The Morgan fingerprint density at radius 1 is 1.36 bits per heavy atom. The molecule has 7 nitrogen and oxygen atoms in total. The molecule has 2 N–H and O–H groups in total. The smallest absolute Gasteiger partial charge is 0.191 e. The van der Waals surface area contributed by atoms with E-state index in [0.29, 0.717) is 6.04 Å². The van der Waals surface area contributed by atoms with Crippen molar-refractivity contribution in [3.8, 4) is 5.75 Å². The number of aliphatic imine (C=N–C) groups is 1. The molecular weight excluding hydrogens is 352 g/mol. The lowest BCUT2D eigenvalue weighted by Crippen LogP contribution is -2.44. The van der Waals surface area contributed by atoms with Gasteiger partial charge in [-0.05, 0) is 44.4 Å². The van der Waals surface area contributed by atoms with Crippen LogP contribution in [0.4, 0.5) is 5.69 Å². The number of nitrogens with zero attached hydrogens (tertiary/aromatic N) is 4. The number of guanidine groups is 1. The van der Waals surface area contributed by atoms with Crippen LogP contribution in [0.2, 0.25) is 0 Å². The number of nitrogens with one attached hydrogen (secondary N) is 2. The standard InChI is InChI=1S/C21H32N6O/c1-4-22-21(23-11-7-12-27-15-17(2)14-24-27)25-18-10-13-26(16-18)19-8-5-6-9-20(19)28-3/h5-6,8-9,14-15,18H,4,7,10-13,16H2,1-3H3,(H2,22,23,25). The van der Waals surface area contributed by atoms with Crippen LogP contribution in [0.5, 0.6) is 5.75 Å². The summed E-state index contributed by atoms with van der Waals surface area (Å²) in [6.07, 6.45) is 6.01. The Morgan fingerprint density at radius 2 is 2.21 bits per heavy atom. The van der Waals surface area contributed by atoms with E-state index in [9.17, 15) is 0 Å². The summed E-state index contributed by atoms with van der Waals surface area (Å²) in [7, 11) is 1.73. The molecule has 1 saturated heterocycles. The second-order valence-electron chi connectivity index (χ2n) is 7.14. The van der Waals surface area contributed by atoms with Gasteiger partial charge in [-0.25, -0.2) is 0 Å². The second kappa shape index (κ2) is 10.0. The van der Waals surface area contributed by atoms with E-state index in [4.69, 9.17) is 9.73 Å². The molecule has 0 saturated carbocycles. The van der Waals surface area contributed by atoms with Gasteiger partial charge in [0.15, 0.2) is 5.96 Å². The molecule has 1 fully saturated rings. The molecule has 1 aliphatic rings. The van der Waals surface area contributed by atoms with Gasteiger partial charge in [-0.1, -0.05) is 12.1 Å². The summed E-state index contributed by atoms with van der Waals surface area (Å²) in [5.41, 5.74) is 2.35. The second-order valence-corrected chi connectivity index (χ2v) is 7.14. The Balaban J connectivity index is 1.51. The normalized spacial score (nSPS) is 17.0. The topological polar surface area (TPSA) is 66.7 Å². The van der Waals surface area contributed by atoms with Crippen molar-refractivity contribution >= 4 is 11.6 Å². The summed E-state index contributed by atoms with van der Waals surface area (Å²) in [5, 5.41) is 11.3. The lowest BCUT2D eigenvalue weighted by molar-refractivity contribution is 0.415. The highest BCUT2D eigenvalue weighted by Gasteiger charge is 2.25. The van der Waals surface area contributed by atoms with Gasteiger partial charge in [-0.2, -0.15) is 5.10 Å². The average Bonchev–Trinajstić information content (AvgIpc) is 3.34. The number of hydrogen-bond acceptors (Lipinski definition) is 4. The van der Waals surface area contributed by atoms with Gasteiger partial charge in [0.1, 0.15) is 5.75 Å². The third kappa shape index (κ3) is 5.41. The van der Waals surface area contributed by atoms with Gasteiger partial charge in [-0.15, -0.1) is 0 Å². The number of aromatic nitrogens is 2. The van der Waals surface area contributed by atoms with E-state index in [0.717, 1.165) is 63.0 Å². The molecule has 3 rings (SSSR count). The van der Waals surface area contributed by atoms with E-state index < -0.39 is 0 Å². The molecule has 1 unspecified atom stereocenters. The highest BCUT2D eigenvalue weighted by Crippen LogP contribution is 2.30. The largest absolute Gasteiger partial charge is 0.495 e. The number of para-hydroxylation sites is 2. The summed E-state index contributed by atoms with van der Waals surface area (Å²) < 4.78 is 7.49. The third-order valence-corrected chi connectivity index (χ3v) is 4.88. The van der Waals surface area contributed by atoms with E-state index in [1.165, 1.54) is 5.56 Å². The Bertz CT molecular complexity index is 772. The Labute approximate surface area is 167 Å². The zero-order valence-corrected chi connectivity index (χ0v) is 17.2. The van der Waals surface area contributed by atoms with Crippen molar-refractivity contribution in [2.24, 2.45) is 4.99 Å². The van der Waals surface area contributed by atoms with Crippen molar-refractivity contribution in [3.05, 3.63) is 42.2 Å². The van der Waals surface area contributed by atoms with Gasteiger partial charge >= 0.3 is 0 Å². The summed E-state index contributed by atoms with van der Waals surface area (Å²) in [6, 6.07) is 8.58. The zero-order chi connectivity index (χ0) is 19.8. The zero-order valence-electron chi connectivity index (χ0n) is 17.2. The lowest BCUT2D eigenvalue weighted by atomic mass is 10.2. The first kappa shape index (κ1) is 20.0. The number of methoxy groups -OCH3 is 1. The van der Waals surface area contributed by atoms with Gasteiger partial charge in [-0.3, -0.25) is 9.67 Å². The first-order valence-electron chi connectivity index (χ1n) is 10.1. The average molecular weight is 385 g/mol. The molecule has 1 aromatic heterocycles. The van der Waals surface area contributed by atoms with Gasteiger partial charge < -0.3 is 20.3 Å². The maximum atomic E-state index is 5.51. The molecule has 28 heavy (non-hydrogen) atoms. The van der Waals surface area contributed by atoms with Gasteiger partial charge in [0.2, 0.25) is 0 Å². The number of hydrogen-bond donors (Lipinski definition) is 2. The molecule has 0 radical (unpaired) electrons. The van der Waals surface area contributed by atoms with Crippen LogP contribution in [0.1, 0.15) is 25.3 Å². The van der Waals surface area contributed by atoms with E-state index in [-0.39, 0.29) is 0 Å². The minimum Gasteiger partial charge on any atom is -0.495 e. The van der Waals surface area contributed by atoms with E-state index >= 15 is 0 Å². The minimum absolute atomic E-state index is 0.372. The number of benzene rings is 1. The summed E-state index contributed by atoms with van der Waals surface area (Å²) in [5.74, 6) is 1.82. The molecule has 2 aromatic rings. The van der Waals surface area contributed by atoms with Crippen molar-refractivity contribution in [1.82, 2.24) is 20.4 Å². The van der Waals surface area contributed by atoms with Crippen molar-refractivity contribution in [2.45, 2.75) is 39.3 Å². The number of aryl methyl sites for hydroxylation is 2. The van der Waals surface area contributed by atoms with Crippen LogP contribution >= 0.6 is 0 Å². The molecule has 0 bridgehead atoms. The maximum Gasteiger partial charge on any atom is 0.191 e. The Hall–Kier alpha value is -2.70. The van der Waals surface area contributed by atoms with Gasteiger partial charge in [0.05, 0.1) is 19.0 Å². The molecular formula is C21H32N6O. The molecule has 152 valence electrons.